The Morgan fingerprint density at radius 3 is 2.48 bits per heavy atom. The Hall–Kier alpha value is -2.82. The van der Waals surface area contributed by atoms with Crippen LogP contribution < -0.4 is 15.4 Å². The topological polar surface area (TPSA) is 67.4 Å². The fraction of sp³-hybridized carbons (Fsp3) is 0.364. The van der Waals surface area contributed by atoms with Crippen molar-refractivity contribution in [1.29, 1.82) is 0 Å². The monoisotopic (exact) mass is 366 g/mol. The predicted molar refractivity (Wildman–Crippen MR) is 106 cm³/mol. The summed E-state index contributed by atoms with van der Waals surface area (Å²) in [5.74, 6) is 0.481. The van der Waals surface area contributed by atoms with Crippen LogP contribution in [0.15, 0.2) is 54.6 Å². The fourth-order valence-corrected chi connectivity index (χ4v) is 3.42. The Balaban J connectivity index is 1.58. The lowest BCUT2D eigenvalue weighted by molar-refractivity contribution is -0.124. The minimum atomic E-state index is -0.266. The molecule has 1 fully saturated rings. The van der Waals surface area contributed by atoms with Gasteiger partial charge in [-0.25, -0.2) is 0 Å². The molecular formula is C22H26N2O3. The minimum Gasteiger partial charge on any atom is -0.483 e. The first-order valence-electron chi connectivity index (χ1n) is 9.51. The minimum absolute atomic E-state index is 0.0984. The van der Waals surface area contributed by atoms with Gasteiger partial charge in [-0.15, -0.1) is 0 Å². The smallest absolute Gasteiger partial charge is 0.259 e. The Bertz CT molecular complexity index is 776. The lowest BCUT2D eigenvalue weighted by Gasteiger charge is -2.29. The molecule has 0 aromatic heterocycles. The average molecular weight is 366 g/mol. The van der Waals surface area contributed by atoms with Gasteiger partial charge in [-0.2, -0.15) is 0 Å². The first-order valence-corrected chi connectivity index (χ1v) is 9.51. The zero-order valence-corrected chi connectivity index (χ0v) is 15.6. The molecule has 0 bridgehead atoms. The van der Waals surface area contributed by atoms with Gasteiger partial charge in [-0.05, 0) is 43.0 Å². The van der Waals surface area contributed by atoms with Gasteiger partial charge in [0.2, 0.25) is 0 Å². The standard InChI is InChI=1S/C22H26N2O3/c1-16-9-5-7-13-19(16)24-21(25)15-27-20-14-8-6-12-18(20)22(26)23-17-10-3-2-4-11-17/h2-4,6,8,10-12,14,16,19H,5,7,9,13,15H2,1H3,(H,23,26)(H,24,25)/t16-,19-/m0/s1. The van der Waals surface area contributed by atoms with Crippen molar-refractivity contribution in [2.45, 2.75) is 38.6 Å². The highest BCUT2D eigenvalue weighted by molar-refractivity contribution is 6.06. The van der Waals surface area contributed by atoms with Crippen LogP contribution in [0.1, 0.15) is 43.0 Å². The number of para-hydroxylation sites is 2. The van der Waals surface area contributed by atoms with Gasteiger partial charge in [0.15, 0.2) is 6.61 Å². The average Bonchev–Trinajstić information content (AvgIpc) is 2.69. The van der Waals surface area contributed by atoms with Crippen molar-refractivity contribution in [3.8, 4) is 5.75 Å². The maximum absolute atomic E-state index is 12.5. The van der Waals surface area contributed by atoms with Crippen LogP contribution in [0.4, 0.5) is 5.69 Å². The van der Waals surface area contributed by atoms with E-state index in [2.05, 4.69) is 17.6 Å². The van der Waals surface area contributed by atoms with E-state index >= 15 is 0 Å². The van der Waals surface area contributed by atoms with Crippen molar-refractivity contribution in [2.24, 2.45) is 5.92 Å². The molecule has 1 aliphatic carbocycles. The van der Waals surface area contributed by atoms with Gasteiger partial charge >= 0.3 is 0 Å². The molecule has 2 amide bonds. The third-order valence-electron chi connectivity index (χ3n) is 4.98. The summed E-state index contributed by atoms with van der Waals surface area (Å²) in [6.07, 6.45) is 4.55. The van der Waals surface area contributed by atoms with Crippen LogP contribution in [0.3, 0.4) is 0 Å². The lowest BCUT2D eigenvalue weighted by Crippen LogP contribution is -2.43. The van der Waals surface area contributed by atoms with Gasteiger partial charge in [0, 0.05) is 11.7 Å². The maximum Gasteiger partial charge on any atom is 0.259 e. The summed E-state index contributed by atoms with van der Waals surface area (Å²) >= 11 is 0. The highest BCUT2D eigenvalue weighted by Gasteiger charge is 2.23. The Labute approximate surface area is 160 Å². The van der Waals surface area contributed by atoms with Crippen LogP contribution in [0.25, 0.3) is 0 Å². The zero-order chi connectivity index (χ0) is 19.1. The second-order valence-corrected chi connectivity index (χ2v) is 7.04. The Morgan fingerprint density at radius 1 is 1.00 bits per heavy atom. The summed E-state index contributed by atoms with van der Waals surface area (Å²) in [4.78, 5) is 24.8. The molecule has 2 atom stereocenters. The van der Waals surface area contributed by atoms with E-state index in [9.17, 15) is 9.59 Å². The summed E-state index contributed by atoms with van der Waals surface area (Å²) in [5.41, 5.74) is 1.11. The molecule has 0 saturated heterocycles. The molecule has 27 heavy (non-hydrogen) atoms. The van der Waals surface area contributed by atoms with E-state index in [4.69, 9.17) is 4.74 Å². The number of carbonyl (C=O) groups excluding carboxylic acids is 2. The van der Waals surface area contributed by atoms with Crippen molar-refractivity contribution in [3.05, 3.63) is 60.2 Å². The molecule has 5 nitrogen and oxygen atoms in total. The summed E-state index contributed by atoms with van der Waals surface area (Å²) < 4.78 is 5.66. The van der Waals surface area contributed by atoms with E-state index in [1.165, 1.54) is 6.42 Å². The predicted octanol–water partition coefficient (Wildman–Crippen LogP) is 4.01. The first-order chi connectivity index (χ1) is 13.1. The maximum atomic E-state index is 12.5. The van der Waals surface area contributed by atoms with Gasteiger partial charge in [0.05, 0.1) is 5.56 Å². The molecule has 142 valence electrons. The summed E-state index contributed by atoms with van der Waals surface area (Å²) in [5, 5.41) is 5.90. The third-order valence-corrected chi connectivity index (χ3v) is 4.98. The van der Waals surface area contributed by atoms with E-state index in [0.29, 0.717) is 22.9 Å². The number of hydrogen-bond donors (Lipinski definition) is 2. The zero-order valence-electron chi connectivity index (χ0n) is 15.6. The number of nitrogens with one attached hydrogen (secondary N) is 2. The van der Waals surface area contributed by atoms with E-state index in [1.807, 2.05) is 30.3 Å². The number of carbonyl (C=O) groups is 2. The van der Waals surface area contributed by atoms with Crippen LogP contribution in [0.5, 0.6) is 5.75 Å². The molecule has 3 rings (SSSR count). The molecule has 0 radical (unpaired) electrons. The largest absolute Gasteiger partial charge is 0.483 e. The Kier molecular flexibility index (Phi) is 6.47. The van der Waals surface area contributed by atoms with Crippen LogP contribution in [-0.4, -0.2) is 24.5 Å². The van der Waals surface area contributed by atoms with E-state index in [-0.39, 0.29) is 24.5 Å². The molecule has 2 N–H and O–H groups in total. The third kappa shape index (κ3) is 5.33. The molecule has 2 aromatic rings. The molecule has 0 heterocycles. The van der Waals surface area contributed by atoms with Crippen LogP contribution >= 0.6 is 0 Å². The molecule has 0 spiro atoms. The highest BCUT2D eigenvalue weighted by Crippen LogP contribution is 2.24. The van der Waals surface area contributed by atoms with Crippen molar-refractivity contribution in [1.82, 2.24) is 5.32 Å². The van der Waals surface area contributed by atoms with Crippen molar-refractivity contribution >= 4 is 17.5 Å². The molecular weight excluding hydrogens is 340 g/mol. The number of anilines is 1. The summed E-state index contributed by atoms with van der Waals surface area (Å²) in [6, 6.07) is 16.4. The van der Waals surface area contributed by atoms with Crippen molar-refractivity contribution in [3.63, 3.8) is 0 Å². The van der Waals surface area contributed by atoms with Gasteiger partial charge in [-0.1, -0.05) is 50.1 Å². The van der Waals surface area contributed by atoms with Crippen molar-refractivity contribution in [2.75, 3.05) is 11.9 Å². The summed E-state index contributed by atoms with van der Waals surface area (Å²) in [6.45, 7) is 2.08. The number of rotatable bonds is 6. The lowest BCUT2D eigenvalue weighted by atomic mass is 9.86. The SMILES string of the molecule is C[C@H]1CCCC[C@@H]1NC(=O)COc1ccccc1C(=O)Nc1ccccc1. The quantitative estimate of drug-likeness (QED) is 0.812. The fourth-order valence-electron chi connectivity index (χ4n) is 3.42. The first kappa shape index (κ1) is 19.0. The van der Waals surface area contributed by atoms with Gasteiger partial charge in [0.1, 0.15) is 5.75 Å². The number of hydrogen-bond acceptors (Lipinski definition) is 3. The van der Waals surface area contributed by atoms with E-state index in [0.717, 1.165) is 19.3 Å². The number of amides is 2. The van der Waals surface area contributed by atoms with E-state index in [1.54, 1.807) is 24.3 Å². The van der Waals surface area contributed by atoms with Crippen LogP contribution in [-0.2, 0) is 4.79 Å². The molecule has 2 aromatic carbocycles. The number of ether oxygens (including phenoxy) is 1. The second kappa shape index (κ2) is 9.21. The summed E-state index contributed by atoms with van der Waals surface area (Å²) in [7, 11) is 0. The van der Waals surface area contributed by atoms with Gasteiger partial charge in [0.25, 0.3) is 11.8 Å². The molecule has 1 saturated carbocycles. The van der Waals surface area contributed by atoms with Crippen molar-refractivity contribution < 1.29 is 14.3 Å². The number of benzene rings is 2. The van der Waals surface area contributed by atoms with E-state index < -0.39 is 0 Å². The van der Waals surface area contributed by atoms with Gasteiger partial charge < -0.3 is 15.4 Å². The second-order valence-electron chi connectivity index (χ2n) is 7.04. The Morgan fingerprint density at radius 2 is 1.70 bits per heavy atom. The van der Waals surface area contributed by atoms with Gasteiger partial charge in [-0.3, -0.25) is 9.59 Å². The molecule has 5 heteroatoms. The normalized spacial score (nSPS) is 19.1. The van der Waals surface area contributed by atoms with Crippen LogP contribution in [0.2, 0.25) is 0 Å². The molecule has 0 unspecified atom stereocenters. The molecule has 1 aliphatic rings. The molecule has 0 aliphatic heterocycles. The highest BCUT2D eigenvalue weighted by atomic mass is 16.5. The van der Waals surface area contributed by atoms with Crippen LogP contribution in [0, 0.1) is 5.92 Å².